The second-order valence-corrected chi connectivity index (χ2v) is 9.77. The summed E-state index contributed by atoms with van der Waals surface area (Å²) in [6, 6.07) is 13.0. The fourth-order valence-electron chi connectivity index (χ4n) is 3.39. The van der Waals surface area contributed by atoms with Crippen molar-refractivity contribution in [3.63, 3.8) is 0 Å². The Morgan fingerprint density at radius 3 is 2.59 bits per heavy atom. The number of fused-ring (bicyclic) bond motifs is 1. The van der Waals surface area contributed by atoms with Crippen LogP contribution in [0.15, 0.2) is 53.6 Å². The van der Waals surface area contributed by atoms with Crippen molar-refractivity contribution >= 4 is 43.2 Å². The van der Waals surface area contributed by atoms with Gasteiger partial charge in [0.15, 0.2) is 5.13 Å². The van der Waals surface area contributed by atoms with Gasteiger partial charge in [0, 0.05) is 19.1 Å². The molecule has 1 aliphatic heterocycles. The number of benzene rings is 2. The highest BCUT2D eigenvalue weighted by molar-refractivity contribution is 7.89. The lowest BCUT2D eigenvalue weighted by atomic mass is 10.1. The molecule has 1 fully saturated rings. The molecule has 152 valence electrons. The van der Waals surface area contributed by atoms with Crippen LogP contribution in [0.5, 0.6) is 0 Å². The molecule has 0 radical (unpaired) electrons. The predicted molar refractivity (Wildman–Crippen MR) is 111 cm³/mol. The minimum Gasteiger partial charge on any atom is -0.359 e. The van der Waals surface area contributed by atoms with Crippen molar-refractivity contribution in [1.29, 1.82) is 0 Å². The Bertz CT molecular complexity index is 1140. The quantitative estimate of drug-likeness (QED) is 0.422. The highest BCUT2D eigenvalue weighted by Gasteiger charge is 2.30. The van der Waals surface area contributed by atoms with Crippen LogP contribution in [0.2, 0.25) is 0 Å². The second kappa shape index (κ2) is 8.07. The molecule has 0 aliphatic carbocycles. The van der Waals surface area contributed by atoms with Crippen molar-refractivity contribution in [3.05, 3.63) is 53.5 Å². The zero-order valence-electron chi connectivity index (χ0n) is 15.4. The topological polar surface area (TPSA) is 112 Å². The fraction of sp³-hybridized carbons (Fsp3) is 0.263. The molecule has 3 aromatic rings. The standard InChI is InChI=1S/C19H20N4O4S2/c24-18(22-25)17-12-20-19(28-17)21-15-7-9-23(10-8-15)29(26,27)16-6-5-13-3-1-2-4-14(13)11-16/h1-6,11-12,15,25H,7-10H2,(H,20,21)(H,22,24). The van der Waals surface area contributed by atoms with Crippen molar-refractivity contribution in [2.45, 2.75) is 23.8 Å². The highest BCUT2D eigenvalue weighted by atomic mass is 32.2. The van der Waals surface area contributed by atoms with E-state index in [4.69, 9.17) is 5.21 Å². The van der Waals surface area contributed by atoms with Crippen molar-refractivity contribution in [2.75, 3.05) is 18.4 Å². The Morgan fingerprint density at radius 1 is 1.14 bits per heavy atom. The van der Waals surface area contributed by atoms with E-state index in [-0.39, 0.29) is 6.04 Å². The van der Waals surface area contributed by atoms with E-state index in [0.29, 0.717) is 40.8 Å². The molecule has 1 saturated heterocycles. The predicted octanol–water partition coefficient (Wildman–Crippen LogP) is 2.68. The lowest BCUT2D eigenvalue weighted by Crippen LogP contribution is -2.42. The SMILES string of the molecule is O=C(NO)c1cnc(NC2CCN(S(=O)(=O)c3ccc4ccccc4c3)CC2)s1. The normalized spacial score (nSPS) is 16.0. The third-order valence-electron chi connectivity index (χ3n) is 4.97. The van der Waals surface area contributed by atoms with E-state index >= 15 is 0 Å². The molecule has 2 aromatic carbocycles. The minimum atomic E-state index is -3.55. The summed E-state index contributed by atoms with van der Waals surface area (Å²) in [6.45, 7) is 0.810. The van der Waals surface area contributed by atoms with E-state index < -0.39 is 15.9 Å². The zero-order valence-corrected chi connectivity index (χ0v) is 17.0. The number of sulfonamides is 1. The van der Waals surface area contributed by atoms with Gasteiger partial charge < -0.3 is 5.32 Å². The van der Waals surface area contributed by atoms with Gasteiger partial charge in [0.25, 0.3) is 5.91 Å². The molecule has 1 aromatic heterocycles. The van der Waals surface area contributed by atoms with Gasteiger partial charge in [0.1, 0.15) is 4.88 Å². The number of aromatic nitrogens is 1. The van der Waals surface area contributed by atoms with Crippen LogP contribution in [0.3, 0.4) is 0 Å². The number of anilines is 1. The van der Waals surface area contributed by atoms with Crippen LogP contribution >= 0.6 is 11.3 Å². The number of carbonyl (C=O) groups is 1. The molecule has 10 heteroatoms. The van der Waals surface area contributed by atoms with Crippen LogP contribution in [0.1, 0.15) is 22.5 Å². The van der Waals surface area contributed by atoms with Gasteiger partial charge in [-0.3, -0.25) is 10.0 Å². The van der Waals surface area contributed by atoms with Gasteiger partial charge in [-0.15, -0.1) is 0 Å². The van der Waals surface area contributed by atoms with Crippen molar-refractivity contribution < 1.29 is 18.4 Å². The number of hydroxylamine groups is 1. The molecule has 0 spiro atoms. The second-order valence-electron chi connectivity index (χ2n) is 6.80. The average molecular weight is 433 g/mol. The van der Waals surface area contributed by atoms with Crippen LogP contribution < -0.4 is 10.8 Å². The Kier molecular flexibility index (Phi) is 5.50. The third-order valence-corrected chi connectivity index (χ3v) is 7.79. The van der Waals surface area contributed by atoms with E-state index in [1.807, 2.05) is 30.3 Å². The summed E-state index contributed by atoms with van der Waals surface area (Å²) in [5.41, 5.74) is 1.58. The summed E-state index contributed by atoms with van der Waals surface area (Å²) < 4.78 is 27.6. The molecule has 0 saturated carbocycles. The van der Waals surface area contributed by atoms with E-state index in [0.717, 1.165) is 22.1 Å². The van der Waals surface area contributed by atoms with Crippen LogP contribution in [0.4, 0.5) is 5.13 Å². The lowest BCUT2D eigenvalue weighted by Gasteiger charge is -2.31. The molecule has 0 unspecified atom stereocenters. The number of amides is 1. The minimum absolute atomic E-state index is 0.0641. The third kappa shape index (κ3) is 4.10. The number of piperidine rings is 1. The Hall–Kier alpha value is -2.53. The molecular weight excluding hydrogens is 412 g/mol. The molecule has 3 N–H and O–H groups in total. The van der Waals surface area contributed by atoms with Gasteiger partial charge >= 0.3 is 0 Å². The number of nitrogens with zero attached hydrogens (tertiary/aromatic N) is 2. The highest BCUT2D eigenvalue weighted by Crippen LogP contribution is 2.26. The molecule has 0 atom stereocenters. The van der Waals surface area contributed by atoms with Gasteiger partial charge in [-0.25, -0.2) is 18.9 Å². The molecule has 2 heterocycles. The summed E-state index contributed by atoms with van der Waals surface area (Å²) in [5.74, 6) is -0.605. The first-order valence-corrected chi connectivity index (χ1v) is 11.4. The number of thiazole rings is 1. The maximum atomic E-state index is 13.0. The molecule has 29 heavy (non-hydrogen) atoms. The van der Waals surface area contributed by atoms with E-state index in [1.54, 1.807) is 17.6 Å². The number of rotatable bonds is 5. The number of hydrogen-bond donors (Lipinski definition) is 3. The fourth-order valence-corrected chi connectivity index (χ4v) is 5.68. The maximum absolute atomic E-state index is 13.0. The smallest absolute Gasteiger partial charge is 0.286 e. The molecular formula is C19H20N4O4S2. The monoisotopic (exact) mass is 432 g/mol. The van der Waals surface area contributed by atoms with Gasteiger partial charge in [0.05, 0.1) is 11.1 Å². The first kappa shape index (κ1) is 19.8. The Balaban J connectivity index is 1.41. The number of hydrogen-bond acceptors (Lipinski definition) is 7. The summed E-state index contributed by atoms with van der Waals surface area (Å²) in [7, 11) is -3.55. The Morgan fingerprint density at radius 2 is 1.86 bits per heavy atom. The summed E-state index contributed by atoms with van der Waals surface area (Å²) >= 11 is 1.14. The van der Waals surface area contributed by atoms with Crippen LogP contribution in [-0.2, 0) is 10.0 Å². The number of carbonyl (C=O) groups excluding carboxylic acids is 1. The van der Waals surface area contributed by atoms with Crippen LogP contribution in [0, 0.1) is 0 Å². The van der Waals surface area contributed by atoms with Crippen molar-refractivity contribution in [1.82, 2.24) is 14.8 Å². The van der Waals surface area contributed by atoms with Gasteiger partial charge in [0.2, 0.25) is 10.0 Å². The van der Waals surface area contributed by atoms with E-state index in [1.165, 1.54) is 10.5 Å². The molecule has 1 amide bonds. The average Bonchev–Trinajstić information content (AvgIpc) is 3.21. The summed E-state index contributed by atoms with van der Waals surface area (Å²) in [6.07, 6.45) is 2.65. The van der Waals surface area contributed by atoms with Gasteiger partial charge in [-0.2, -0.15) is 4.31 Å². The lowest BCUT2D eigenvalue weighted by molar-refractivity contribution is 0.0710. The van der Waals surface area contributed by atoms with Crippen molar-refractivity contribution in [3.8, 4) is 0 Å². The van der Waals surface area contributed by atoms with Crippen LogP contribution in [-0.4, -0.2) is 48.0 Å². The Labute approximate surface area is 172 Å². The summed E-state index contributed by atoms with van der Waals surface area (Å²) in [5, 5.41) is 14.4. The largest absolute Gasteiger partial charge is 0.359 e. The van der Waals surface area contributed by atoms with Crippen LogP contribution in [0.25, 0.3) is 10.8 Å². The first-order valence-electron chi connectivity index (χ1n) is 9.13. The molecule has 1 aliphatic rings. The van der Waals surface area contributed by atoms with Gasteiger partial charge in [-0.05, 0) is 35.7 Å². The number of nitrogens with one attached hydrogen (secondary N) is 2. The van der Waals surface area contributed by atoms with Gasteiger partial charge in [-0.1, -0.05) is 41.7 Å². The van der Waals surface area contributed by atoms with E-state index in [2.05, 4.69) is 10.3 Å². The zero-order chi connectivity index (χ0) is 20.4. The van der Waals surface area contributed by atoms with E-state index in [9.17, 15) is 13.2 Å². The van der Waals surface area contributed by atoms with Crippen molar-refractivity contribution in [2.24, 2.45) is 0 Å². The molecule has 0 bridgehead atoms. The molecule has 8 nitrogen and oxygen atoms in total. The molecule has 4 rings (SSSR count). The summed E-state index contributed by atoms with van der Waals surface area (Å²) in [4.78, 5) is 16.1. The maximum Gasteiger partial charge on any atom is 0.286 e. The first-order chi connectivity index (χ1) is 14.0.